The molecule has 0 aliphatic heterocycles. The van der Waals surface area contributed by atoms with Crippen LogP contribution in [0.25, 0.3) is 0 Å². The first kappa shape index (κ1) is 19.8. The van der Waals surface area contributed by atoms with Crippen molar-refractivity contribution < 1.29 is 33.9 Å². The minimum Gasteiger partial charge on any atom is -0.359 e. The van der Waals surface area contributed by atoms with Crippen LogP contribution in [0.15, 0.2) is 72.4 Å². The molecule has 0 amide bonds. The first-order valence-electron chi connectivity index (χ1n) is 7.02. The van der Waals surface area contributed by atoms with Crippen LogP contribution in [0.2, 0.25) is 0 Å². The Kier molecular flexibility index (Phi) is 8.11. The molecule has 0 saturated carbocycles. The molecule has 128 valence electrons. The van der Waals surface area contributed by atoms with E-state index >= 15 is 0 Å². The van der Waals surface area contributed by atoms with Gasteiger partial charge in [-0.1, -0.05) is 36.4 Å². The summed E-state index contributed by atoms with van der Waals surface area (Å²) in [6, 6.07) is 20.3. The van der Waals surface area contributed by atoms with E-state index in [1.807, 2.05) is 36.4 Å². The number of para-hydroxylation sites is 2. The summed E-state index contributed by atoms with van der Waals surface area (Å²) in [5.41, 5.74) is 4.41. The molecule has 0 aliphatic carbocycles. The maximum absolute atomic E-state index is 8.49. The maximum Gasteiger partial charge on any atom is 0.203 e. The van der Waals surface area contributed by atoms with Gasteiger partial charge in [0.1, 0.15) is 0 Å². The number of allylic oxidation sites excluding steroid dienone is 2. The second kappa shape index (κ2) is 9.82. The Balaban J connectivity index is 0.000000505. The minimum atomic E-state index is -4.94. The van der Waals surface area contributed by atoms with Gasteiger partial charge < -0.3 is 5.32 Å². The average molecular weight is 351 g/mol. The Morgan fingerprint density at radius 1 is 0.875 bits per heavy atom. The Morgan fingerprint density at radius 2 is 1.33 bits per heavy atom. The molecule has 0 spiro atoms. The lowest BCUT2D eigenvalue weighted by molar-refractivity contribution is -2.00. The number of hydrogen-bond donors (Lipinski definition) is 2. The number of rotatable bonds is 4. The molecule has 2 aromatic carbocycles. The highest BCUT2D eigenvalue weighted by Gasteiger charge is 1.98. The summed E-state index contributed by atoms with van der Waals surface area (Å²) >= 11 is 0. The molecule has 0 radical (unpaired) electrons. The van der Waals surface area contributed by atoms with Gasteiger partial charge in [0.15, 0.2) is 5.71 Å². The fourth-order valence-electron chi connectivity index (χ4n) is 1.90. The molecule has 7 heteroatoms. The fraction of sp³-hybridized carbons (Fsp3) is 0.118. The van der Waals surface area contributed by atoms with Gasteiger partial charge in [0.2, 0.25) is 5.69 Å². The Bertz CT molecular complexity index is 662. The van der Waals surface area contributed by atoms with Crippen molar-refractivity contribution >= 4 is 17.1 Å². The van der Waals surface area contributed by atoms with E-state index in [1.165, 1.54) is 0 Å². The minimum absolute atomic E-state index is 1.10. The largest absolute Gasteiger partial charge is 0.359 e. The Hall–Kier alpha value is -2.22. The van der Waals surface area contributed by atoms with E-state index < -0.39 is 10.2 Å². The Morgan fingerprint density at radius 3 is 1.83 bits per heavy atom. The molecule has 2 aromatic rings. The summed E-state index contributed by atoms with van der Waals surface area (Å²) < 4.78 is 34.0. The summed E-state index contributed by atoms with van der Waals surface area (Å²) in [6.07, 6.45) is 2.10. The van der Waals surface area contributed by atoms with Gasteiger partial charge >= 0.3 is 0 Å². The summed E-state index contributed by atoms with van der Waals surface area (Å²) in [5.74, 6) is 0. The van der Waals surface area contributed by atoms with Gasteiger partial charge in [-0.05, 0) is 19.1 Å². The van der Waals surface area contributed by atoms with Crippen LogP contribution in [-0.4, -0.2) is 5.71 Å². The van der Waals surface area contributed by atoms with Gasteiger partial charge in [-0.2, -0.15) is 0 Å². The van der Waals surface area contributed by atoms with Crippen molar-refractivity contribution in [3.63, 3.8) is 0 Å². The predicted molar refractivity (Wildman–Crippen MR) is 81.6 cm³/mol. The molecular weight excluding hydrogens is 332 g/mol. The van der Waals surface area contributed by atoms with Crippen LogP contribution < -0.4 is 28.9 Å². The van der Waals surface area contributed by atoms with Crippen LogP contribution in [-0.2, 0) is 0 Å². The van der Waals surface area contributed by atoms with Gasteiger partial charge in [0.05, 0.1) is 0 Å². The SMILES string of the molecule is CC(/C=C(/C)Nc1ccccc1)=[NH+]c1ccccc1.[O-][Cl+3]([O-])([O-])[O-]. The average Bonchev–Trinajstić information content (AvgIpc) is 2.47. The zero-order valence-electron chi connectivity index (χ0n) is 13.4. The highest BCUT2D eigenvalue weighted by Crippen LogP contribution is 2.08. The monoisotopic (exact) mass is 350 g/mol. The second-order valence-electron chi connectivity index (χ2n) is 4.87. The lowest BCUT2D eigenvalue weighted by Gasteiger charge is -2.17. The van der Waals surface area contributed by atoms with Gasteiger partial charge in [-0.3, -0.25) is 0 Å². The van der Waals surface area contributed by atoms with E-state index in [0.717, 1.165) is 22.8 Å². The number of halogens is 1. The zero-order valence-corrected chi connectivity index (χ0v) is 14.1. The van der Waals surface area contributed by atoms with E-state index in [-0.39, 0.29) is 0 Å². The summed E-state index contributed by atoms with van der Waals surface area (Å²) in [7, 11) is -4.94. The molecule has 0 fully saturated rings. The number of benzene rings is 2. The van der Waals surface area contributed by atoms with Crippen molar-refractivity contribution in [2.24, 2.45) is 0 Å². The van der Waals surface area contributed by atoms with Crippen molar-refractivity contribution in [2.75, 3.05) is 5.32 Å². The fourth-order valence-corrected chi connectivity index (χ4v) is 1.90. The number of nitrogens with one attached hydrogen (secondary N) is 2. The third-order valence-corrected chi connectivity index (χ3v) is 2.66. The van der Waals surface area contributed by atoms with Crippen LogP contribution in [0.5, 0.6) is 0 Å². The predicted octanol–water partition coefficient (Wildman–Crippen LogP) is -1.88. The highest BCUT2D eigenvalue weighted by atomic mass is 35.7. The second-order valence-corrected chi connectivity index (χ2v) is 5.63. The lowest BCUT2D eigenvalue weighted by Crippen LogP contribution is -2.68. The van der Waals surface area contributed by atoms with Crippen LogP contribution in [0.1, 0.15) is 13.8 Å². The molecule has 0 saturated heterocycles. The lowest BCUT2D eigenvalue weighted by atomic mass is 10.2. The van der Waals surface area contributed by atoms with Gasteiger partial charge in [0.25, 0.3) is 0 Å². The third-order valence-electron chi connectivity index (χ3n) is 2.66. The number of anilines is 1. The number of hydrogen-bond acceptors (Lipinski definition) is 5. The van der Waals surface area contributed by atoms with Crippen molar-refractivity contribution in [2.45, 2.75) is 13.8 Å². The zero-order chi connectivity index (χ0) is 18.0. The Labute approximate surface area is 143 Å². The van der Waals surface area contributed by atoms with Crippen molar-refractivity contribution in [1.82, 2.24) is 0 Å². The van der Waals surface area contributed by atoms with Crippen LogP contribution in [0, 0.1) is 10.2 Å². The molecule has 2 rings (SSSR count). The molecule has 0 bridgehead atoms. The van der Waals surface area contributed by atoms with Crippen LogP contribution >= 0.6 is 0 Å². The van der Waals surface area contributed by atoms with E-state index in [9.17, 15) is 0 Å². The summed E-state index contributed by atoms with van der Waals surface area (Å²) in [5, 5.41) is 3.36. The van der Waals surface area contributed by atoms with Crippen molar-refractivity contribution in [3.8, 4) is 0 Å². The standard InChI is InChI=1S/C17H18N2.ClHO4/c1-14(18-16-9-5-3-6-10-16)13-15(2)19-17-11-7-4-8-12-17;2-1(3,4)5/h3-13,18H,1-2H3;(H,2,3,4,5)/b14-13-,19-15?;. The van der Waals surface area contributed by atoms with Gasteiger partial charge in [-0.15, -0.1) is 10.2 Å². The van der Waals surface area contributed by atoms with E-state index in [0.29, 0.717) is 0 Å². The van der Waals surface area contributed by atoms with E-state index in [2.05, 4.69) is 54.5 Å². The molecule has 0 aromatic heterocycles. The molecular formula is C17H19ClN2O4. The topological polar surface area (TPSA) is 118 Å². The van der Waals surface area contributed by atoms with Crippen LogP contribution in [0.4, 0.5) is 11.4 Å². The molecule has 6 nitrogen and oxygen atoms in total. The molecule has 2 N–H and O–H groups in total. The quantitative estimate of drug-likeness (QED) is 0.626. The van der Waals surface area contributed by atoms with Crippen molar-refractivity contribution in [1.29, 1.82) is 0 Å². The van der Waals surface area contributed by atoms with Gasteiger partial charge in [0, 0.05) is 36.5 Å². The first-order chi connectivity index (χ1) is 11.2. The highest BCUT2D eigenvalue weighted by molar-refractivity contribution is 5.89. The molecule has 0 aliphatic rings. The third kappa shape index (κ3) is 10.5. The van der Waals surface area contributed by atoms with E-state index in [4.69, 9.17) is 18.6 Å². The maximum atomic E-state index is 8.49. The first-order valence-corrected chi connectivity index (χ1v) is 8.25. The summed E-state index contributed by atoms with van der Waals surface area (Å²) in [6.45, 7) is 4.12. The van der Waals surface area contributed by atoms with Crippen LogP contribution in [0.3, 0.4) is 0 Å². The molecule has 24 heavy (non-hydrogen) atoms. The molecule has 0 heterocycles. The normalized spacial score (nSPS) is 12.2. The van der Waals surface area contributed by atoms with Crippen molar-refractivity contribution in [3.05, 3.63) is 72.4 Å². The smallest absolute Gasteiger partial charge is 0.203 e. The van der Waals surface area contributed by atoms with E-state index in [1.54, 1.807) is 0 Å². The van der Waals surface area contributed by atoms with Gasteiger partial charge in [-0.25, -0.2) is 23.6 Å². The summed E-state index contributed by atoms with van der Waals surface area (Å²) in [4.78, 5) is 3.36. The molecule has 0 unspecified atom stereocenters. The molecule has 0 atom stereocenters.